The van der Waals surface area contributed by atoms with Crippen LogP contribution < -0.4 is 18.9 Å². The van der Waals surface area contributed by atoms with Crippen LogP contribution in [0.3, 0.4) is 0 Å². The summed E-state index contributed by atoms with van der Waals surface area (Å²) in [6.07, 6.45) is 9.31. The van der Waals surface area contributed by atoms with E-state index in [0.29, 0.717) is 29.6 Å². The van der Waals surface area contributed by atoms with E-state index in [9.17, 15) is 0 Å². The summed E-state index contributed by atoms with van der Waals surface area (Å²) in [6, 6.07) is 32.4. The fourth-order valence-corrected chi connectivity index (χ4v) is 5.50. The van der Waals surface area contributed by atoms with Crippen LogP contribution in [-0.4, -0.2) is 48.6 Å². The van der Waals surface area contributed by atoms with Gasteiger partial charge < -0.3 is 28.4 Å². The molecule has 0 bridgehead atoms. The first-order valence-electron chi connectivity index (χ1n) is 17.2. The molecule has 2 aliphatic heterocycles. The van der Waals surface area contributed by atoms with Crippen molar-refractivity contribution in [2.24, 2.45) is 0 Å². The van der Waals surface area contributed by atoms with Gasteiger partial charge in [-0.15, -0.1) is 0 Å². The molecule has 4 aromatic carbocycles. The lowest BCUT2D eigenvalue weighted by Gasteiger charge is -2.11. The summed E-state index contributed by atoms with van der Waals surface area (Å²) in [6.45, 7) is 5.21. The fourth-order valence-electron chi connectivity index (χ4n) is 5.50. The Balaban J connectivity index is 0.890. The van der Waals surface area contributed by atoms with Gasteiger partial charge in [-0.2, -0.15) is 4.98 Å². The maximum Gasteiger partial charge on any atom is 0.325 e. The highest BCUT2D eigenvalue weighted by atomic mass is 16.6. The molecule has 0 amide bonds. The van der Waals surface area contributed by atoms with Gasteiger partial charge in [0.25, 0.3) is 0 Å². The van der Waals surface area contributed by atoms with Crippen LogP contribution in [0, 0.1) is 6.92 Å². The number of hydrogen-bond acceptors (Lipinski definition) is 8. The van der Waals surface area contributed by atoms with Gasteiger partial charge in [-0.1, -0.05) is 48.5 Å². The Labute approximate surface area is 288 Å². The summed E-state index contributed by atoms with van der Waals surface area (Å²) in [7, 11) is 0. The maximum absolute atomic E-state index is 6.14. The molecule has 49 heavy (non-hydrogen) atoms. The molecule has 2 saturated heterocycles. The van der Waals surface area contributed by atoms with Gasteiger partial charge in [-0.3, -0.25) is 0 Å². The molecular weight excluding hydrogens is 616 g/mol. The highest BCUT2D eigenvalue weighted by Gasteiger charge is 2.21. The second-order valence-corrected chi connectivity index (χ2v) is 12.5. The van der Waals surface area contributed by atoms with E-state index in [2.05, 4.69) is 34.2 Å². The third-order valence-electron chi connectivity index (χ3n) is 8.59. The standard InChI is InChI=1S/C41H42N2O6/c1-29-26-42-41(49-37-22-14-33(15-23-37)31-10-18-35(19-11-31)45-25-5-3-7-39-28-47-39)43-40(29)48-36-20-12-32(13-21-36)30-8-16-34(17-9-30)44-24-4-2-6-38-27-46-38/h8-23,26,38-39H,2-7,24-25,27-28H2,1H3. The quantitative estimate of drug-likeness (QED) is 0.0680. The molecule has 0 N–H and O–H groups in total. The number of rotatable bonds is 18. The summed E-state index contributed by atoms with van der Waals surface area (Å²) in [4.78, 5) is 8.91. The molecule has 252 valence electrons. The monoisotopic (exact) mass is 658 g/mol. The van der Waals surface area contributed by atoms with Crippen molar-refractivity contribution in [1.29, 1.82) is 0 Å². The Kier molecular flexibility index (Phi) is 10.6. The molecule has 0 saturated carbocycles. The lowest BCUT2D eigenvalue weighted by atomic mass is 10.1. The lowest BCUT2D eigenvalue weighted by molar-refractivity contribution is 0.299. The Morgan fingerprint density at radius 2 is 0.959 bits per heavy atom. The highest BCUT2D eigenvalue weighted by Crippen LogP contribution is 2.31. The van der Waals surface area contributed by atoms with Crippen LogP contribution >= 0.6 is 0 Å². The lowest BCUT2D eigenvalue weighted by Crippen LogP contribution is -1.98. The smallest absolute Gasteiger partial charge is 0.325 e. The number of unbranched alkanes of at least 4 members (excludes halogenated alkanes) is 2. The van der Waals surface area contributed by atoms with Gasteiger partial charge in [-0.25, -0.2) is 4.98 Å². The molecule has 3 heterocycles. The van der Waals surface area contributed by atoms with Gasteiger partial charge in [0.15, 0.2) is 0 Å². The number of hydrogen-bond donors (Lipinski definition) is 0. The Hall–Kier alpha value is -4.92. The third kappa shape index (κ3) is 9.81. The Morgan fingerprint density at radius 1 is 0.551 bits per heavy atom. The average molecular weight is 659 g/mol. The summed E-state index contributed by atoms with van der Waals surface area (Å²) in [5.41, 5.74) is 5.19. The summed E-state index contributed by atoms with van der Waals surface area (Å²) >= 11 is 0. The van der Waals surface area contributed by atoms with E-state index in [1.807, 2.05) is 79.7 Å². The predicted octanol–water partition coefficient (Wildman–Crippen LogP) is 9.60. The van der Waals surface area contributed by atoms with Crippen LogP contribution in [-0.2, 0) is 9.47 Å². The zero-order valence-corrected chi connectivity index (χ0v) is 27.9. The maximum atomic E-state index is 6.14. The third-order valence-corrected chi connectivity index (χ3v) is 8.59. The van der Waals surface area contributed by atoms with Crippen molar-refractivity contribution < 1.29 is 28.4 Å². The second-order valence-electron chi connectivity index (χ2n) is 12.5. The van der Waals surface area contributed by atoms with Crippen LogP contribution in [0.15, 0.2) is 103 Å². The zero-order valence-electron chi connectivity index (χ0n) is 27.9. The van der Waals surface area contributed by atoms with Gasteiger partial charge in [0.2, 0.25) is 5.88 Å². The molecule has 2 aliphatic rings. The van der Waals surface area contributed by atoms with Crippen molar-refractivity contribution in [3.63, 3.8) is 0 Å². The summed E-state index contributed by atoms with van der Waals surface area (Å²) in [5, 5.41) is 0. The van der Waals surface area contributed by atoms with Crippen molar-refractivity contribution in [2.45, 2.75) is 57.7 Å². The number of nitrogens with zero attached hydrogens (tertiary/aromatic N) is 2. The van der Waals surface area contributed by atoms with Crippen LogP contribution in [0.2, 0.25) is 0 Å². The molecule has 8 heteroatoms. The van der Waals surface area contributed by atoms with Crippen molar-refractivity contribution in [1.82, 2.24) is 9.97 Å². The highest BCUT2D eigenvalue weighted by molar-refractivity contribution is 5.66. The fraction of sp³-hybridized carbons (Fsp3) is 0.317. The summed E-state index contributed by atoms with van der Waals surface area (Å²) in [5.74, 6) is 3.53. The van der Waals surface area contributed by atoms with Gasteiger partial charge in [0.05, 0.1) is 38.6 Å². The van der Waals surface area contributed by atoms with E-state index in [1.54, 1.807) is 6.20 Å². The Morgan fingerprint density at radius 3 is 1.39 bits per heavy atom. The first-order valence-corrected chi connectivity index (χ1v) is 17.2. The van der Waals surface area contributed by atoms with Gasteiger partial charge in [0, 0.05) is 11.8 Å². The molecule has 0 spiro atoms. The van der Waals surface area contributed by atoms with Crippen LogP contribution in [0.4, 0.5) is 0 Å². The van der Waals surface area contributed by atoms with Crippen LogP contribution in [0.1, 0.15) is 44.1 Å². The predicted molar refractivity (Wildman–Crippen MR) is 189 cm³/mol. The first-order chi connectivity index (χ1) is 24.1. The van der Waals surface area contributed by atoms with E-state index in [4.69, 9.17) is 28.4 Å². The van der Waals surface area contributed by atoms with E-state index in [1.165, 1.54) is 0 Å². The first kappa shape index (κ1) is 32.6. The molecule has 0 radical (unpaired) electrons. The molecule has 2 atom stereocenters. The van der Waals surface area contributed by atoms with Crippen molar-refractivity contribution in [3.05, 3.63) is 109 Å². The molecule has 2 fully saturated rings. The number of aromatic nitrogens is 2. The van der Waals surface area contributed by atoms with E-state index >= 15 is 0 Å². The SMILES string of the molecule is Cc1cnc(Oc2ccc(-c3ccc(OCCCCC4CO4)cc3)cc2)nc1Oc1ccc(-c2ccc(OCCCCC3CO3)cc2)cc1. The molecule has 0 aliphatic carbocycles. The van der Waals surface area contributed by atoms with Crippen molar-refractivity contribution in [2.75, 3.05) is 26.4 Å². The van der Waals surface area contributed by atoms with Crippen molar-refractivity contribution in [3.8, 4) is 57.1 Å². The van der Waals surface area contributed by atoms with Gasteiger partial charge >= 0.3 is 6.01 Å². The topological polar surface area (TPSA) is 87.8 Å². The average Bonchev–Trinajstić information content (AvgIpc) is 4.08. The largest absolute Gasteiger partial charge is 0.494 e. The molecule has 1 aromatic heterocycles. The van der Waals surface area contributed by atoms with E-state index in [0.717, 1.165) is 104 Å². The van der Waals surface area contributed by atoms with Crippen molar-refractivity contribution >= 4 is 0 Å². The number of epoxide rings is 2. The number of benzene rings is 4. The van der Waals surface area contributed by atoms with Crippen LogP contribution in [0.25, 0.3) is 22.3 Å². The summed E-state index contributed by atoms with van der Waals surface area (Å²) < 4.78 is 34.5. The molecule has 5 aromatic rings. The normalized spacial score (nSPS) is 16.2. The minimum atomic E-state index is 0.218. The molecule has 8 nitrogen and oxygen atoms in total. The number of ether oxygens (including phenoxy) is 6. The second kappa shape index (κ2) is 16.0. The Bertz CT molecular complexity index is 1770. The molecule has 2 unspecified atom stereocenters. The number of aryl methyl sites for hydroxylation is 1. The minimum absolute atomic E-state index is 0.218. The van der Waals surface area contributed by atoms with E-state index < -0.39 is 0 Å². The van der Waals surface area contributed by atoms with Crippen LogP contribution in [0.5, 0.6) is 34.9 Å². The zero-order chi connectivity index (χ0) is 33.3. The molecule has 7 rings (SSSR count). The van der Waals surface area contributed by atoms with Gasteiger partial charge in [-0.05, 0) is 116 Å². The minimum Gasteiger partial charge on any atom is -0.494 e. The van der Waals surface area contributed by atoms with Gasteiger partial charge in [0.1, 0.15) is 23.0 Å². The molecular formula is C41H42N2O6. The van der Waals surface area contributed by atoms with E-state index in [-0.39, 0.29) is 6.01 Å².